The molecule has 0 aliphatic carbocycles. The zero-order chi connectivity index (χ0) is 23.0. The van der Waals surface area contributed by atoms with Crippen LogP contribution >= 0.6 is 0 Å². The van der Waals surface area contributed by atoms with Crippen LogP contribution in [-0.2, 0) is 17.6 Å². The largest absolute Gasteiger partial charge is 0.558 e. The van der Waals surface area contributed by atoms with Crippen LogP contribution in [0.1, 0.15) is 21.6 Å². The highest BCUT2D eigenvalue weighted by molar-refractivity contribution is 6.58. The Morgan fingerprint density at radius 3 is 1.97 bits per heavy atom. The quantitative estimate of drug-likeness (QED) is 0.298. The van der Waals surface area contributed by atoms with Crippen LogP contribution < -0.4 is 10.6 Å². The number of carbonyl (C=O) groups excluding carboxylic acids is 2. The maximum absolute atomic E-state index is 13.1. The van der Waals surface area contributed by atoms with Gasteiger partial charge in [0.05, 0.1) is 6.20 Å². The molecule has 9 nitrogen and oxygen atoms in total. The molecule has 32 heavy (non-hydrogen) atoms. The highest BCUT2D eigenvalue weighted by atomic mass is 16.5. The summed E-state index contributed by atoms with van der Waals surface area (Å²) < 4.78 is 0. The number of aromatic nitrogens is 2. The topological polar surface area (TPSA) is 145 Å². The number of nitrogens with zero attached hydrogens (tertiary/aromatic N) is 2. The molecule has 1 heterocycles. The van der Waals surface area contributed by atoms with Crippen LogP contribution in [0.15, 0.2) is 79.3 Å². The first-order chi connectivity index (χ1) is 15.3. The van der Waals surface area contributed by atoms with Gasteiger partial charge in [-0.3, -0.25) is 14.6 Å². The Kier molecular flexibility index (Phi) is 7.66. The highest BCUT2D eigenvalue weighted by Gasteiger charge is 2.33. The van der Waals surface area contributed by atoms with E-state index in [0.717, 1.165) is 5.56 Å². The molecule has 2 atom stereocenters. The third-order valence-electron chi connectivity index (χ3n) is 4.87. The summed E-state index contributed by atoms with van der Waals surface area (Å²) in [6.45, 7) is -3.88. The summed E-state index contributed by atoms with van der Waals surface area (Å²) in [7, 11) is 0. The molecule has 0 unspecified atom stereocenters. The first-order valence-electron chi connectivity index (χ1n) is 10.1. The van der Waals surface area contributed by atoms with Gasteiger partial charge in [0.2, 0.25) is 5.91 Å². The Morgan fingerprint density at radius 2 is 1.44 bits per heavy atom. The fraction of sp³-hybridized carbons (Fsp3) is 0.182. The molecule has 2 aromatic carbocycles. The van der Waals surface area contributed by atoms with Crippen LogP contribution in [0.5, 0.6) is 0 Å². The van der Waals surface area contributed by atoms with E-state index < -0.39 is 30.6 Å². The number of rotatable bonds is 9. The Hall–Kier alpha value is -3.60. The Balaban J connectivity index is 1.79. The van der Waals surface area contributed by atoms with E-state index in [1.165, 1.54) is 18.6 Å². The lowest BCUT2D eigenvalue weighted by Crippen LogP contribution is -2.62. The maximum atomic E-state index is 13.1. The van der Waals surface area contributed by atoms with Crippen LogP contribution in [0.3, 0.4) is 0 Å². The van der Waals surface area contributed by atoms with E-state index in [2.05, 4.69) is 20.6 Å². The van der Waals surface area contributed by atoms with E-state index in [4.69, 9.17) is 0 Å². The van der Waals surface area contributed by atoms with E-state index in [1.54, 1.807) is 54.6 Å². The molecule has 3 aromatic rings. The molecule has 0 radical (unpaired) electrons. The predicted octanol–water partition coefficient (Wildman–Crippen LogP) is 0.000200. The second-order valence-electron chi connectivity index (χ2n) is 7.40. The van der Waals surface area contributed by atoms with E-state index in [-0.39, 0.29) is 18.5 Å². The van der Waals surface area contributed by atoms with Crippen molar-refractivity contribution in [3.05, 3.63) is 96.1 Å². The fourth-order valence-electron chi connectivity index (χ4n) is 3.18. The maximum Gasteiger partial charge on any atom is 0.394 e. The molecule has 2 amide bonds. The standard InChI is InChI=1S/C22H24BN4O5/c28-21(27-20(23(30,31)32)14-17-9-5-2-6-10-17)18(13-16-7-3-1-4-8-16)26-22(29)19-15-24-11-12-25-19/h1-12,15,18,20,30-32H,13-14H2,(H,26,29)(H,27,28)/q-1/t18-,20-/m0/s1. The SMILES string of the molecule is O=C(N[C@@H](Cc1ccccc1)C(=O)N[C@@H](Cc1ccccc1)[B-](O)(O)O)c1cnccn1. The minimum absolute atomic E-state index is 0.0216. The second kappa shape index (κ2) is 10.6. The fourth-order valence-corrected chi connectivity index (χ4v) is 3.18. The molecule has 0 saturated heterocycles. The molecular formula is C22H24BN4O5-. The van der Waals surface area contributed by atoms with Crippen molar-refractivity contribution in [2.24, 2.45) is 0 Å². The Morgan fingerprint density at radius 1 is 0.844 bits per heavy atom. The zero-order valence-electron chi connectivity index (χ0n) is 17.2. The molecule has 0 spiro atoms. The number of nitrogens with one attached hydrogen (secondary N) is 2. The smallest absolute Gasteiger partial charge is 0.394 e. The number of hydrogen-bond donors (Lipinski definition) is 5. The Labute approximate surface area is 185 Å². The molecule has 0 bridgehead atoms. The summed E-state index contributed by atoms with van der Waals surface area (Å²) in [4.78, 5) is 33.4. The minimum Gasteiger partial charge on any atom is -0.558 e. The summed E-state index contributed by atoms with van der Waals surface area (Å²) in [6, 6.07) is 16.7. The van der Waals surface area contributed by atoms with Crippen LogP contribution in [0, 0.1) is 0 Å². The van der Waals surface area contributed by atoms with Gasteiger partial charge in [-0.15, -0.1) is 0 Å². The first-order valence-corrected chi connectivity index (χ1v) is 10.1. The summed E-state index contributed by atoms with van der Waals surface area (Å²) in [6.07, 6.45) is 4.17. The van der Waals surface area contributed by atoms with Gasteiger partial charge in [-0.1, -0.05) is 60.7 Å². The van der Waals surface area contributed by atoms with Gasteiger partial charge in [0.1, 0.15) is 11.7 Å². The molecule has 3 rings (SSSR count). The highest BCUT2D eigenvalue weighted by Crippen LogP contribution is 2.10. The van der Waals surface area contributed by atoms with Crippen molar-refractivity contribution in [3.63, 3.8) is 0 Å². The number of benzene rings is 2. The van der Waals surface area contributed by atoms with Crippen molar-refractivity contribution in [1.82, 2.24) is 20.6 Å². The third kappa shape index (κ3) is 6.71. The summed E-state index contributed by atoms with van der Waals surface area (Å²) in [5.41, 5.74) is 1.49. The lowest BCUT2D eigenvalue weighted by Gasteiger charge is -2.34. The summed E-state index contributed by atoms with van der Waals surface area (Å²) >= 11 is 0. The number of hydrogen-bond acceptors (Lipinski definition) is 7. The van der Waals surface area contributed by atoms with Crippen molar-refractivity contribution in [2.75, 3.05) is 0 Å². The van der Waals surface area contributed by atoms with Gasteiger partial charge in [0.15, 0.2) is 0 Å². The first kappa shape index (κ1) is 23.1. The Bertz CT molecular complexity index is 1020. The zero-order valence-corrected chi connectivity index (χ0v) is 17.2. The van der Waals surface area contributed by atoms with Crippen LogP contribution in [0.2, 0.25) is 0 Å². The molecule has 0 fully saturated rings. The van der Waals surface area contributed by atoms with Gasteiger partial charge in [-0.25, -0.2) is 4.98 Å². The molecular weight excluding hydrogens is 411 g/mol. The van der Waals surface area contributed by atoms with Crippen molar-refractivity contribution in [3.8, 4) is 0 Å². The lowest BCUT2D eigenvalue weighted by atomic mass is 9.67. The van der Waals surface area contributed by atoms with Gasteiger partial charge >= 0.3 is 6.75 Å². The van der Waals surface area contributed by atoms with E-state index >= 15 is 0 Å². The monoisotopic (exact) mass is 435 g/mol. The van der Waals surface area contributed by atoms with Gasteiger partial charge in [-0.2, -0.15) is 0 Å². The van der Waals surface area contributed by atoms with Crippen molar-refractivity contribution < 1.29 is 24.7 Å². The molecule has 0 saturated carbocycles. The van der Waals surface area contributed by atoms with Crippen LogP contribution in [0.25, 0.3) is 0 Å². The van der Waals surface area contributed by atoms with E-state index in [0.29, 0.717) is 5.56 Å². The molecule has 10 heteroatoms. The number of amides is 2. The summed E-state index contributed by atoms with van der Waals surface area (Å²) in [5.74, 6) is -2.67. The molecule has 5 N–H and O–H groups in total. The second-order valence-corrected chi connectivity index (χ2v) is 7.40. The molecule has 1 aromatic heterocycles. The van der Waals surface area contributed by atoms with Gasteiger partial charge < -0.3 is 25.7 Å². The lowest BCUT2D eigenvalue weighted by molar-refractivity contribution is -0.123. The van der Waals surface area contributed by atoms with Crippen LogP contribution in [-0.4, -0.2) is 55.6 Å². The van der Waals surface area contributed by atoms with Gasteiger partial charge in [0.25, 0.3) is 5.91 Å². The average Bonchev–Trinajstić information content (AvgIpc) is 2.79. The van der Waals surface area contributed by atoms with E-state index in [9.17, 15) is 24.7 Å². The molecule has 0 aliphatic rings. The predicted molar refractivity (Wildman–Crippen MR) is 118 cm³/mol. The average molecular weight is 435 g/mol. The molecule has 0 aliphatic heterocycles. The minimum atomic E-state index is -3.88. The van der Waals surface area contributed by atoms with Crippen molar-refractivity contribution >= 4 is 18.6 Å². The normalized spacial score (nSPS) is 13.1. The van der Waals surface area contributed by atoms with E-state index in [1.807, 2.05) is 6.07 Å². The van der Waals surface area contributed by atoms with Gasteiger partial charge in [-0.05, 0) is 23.5 Å². The van der Waals surface area contributed by atoms with Crippen LogP contribution in [0.4, 0.5) is 0 Å². The number of carbonyl (C=O) groups is 2. The summed E-state index contributed by atoms with van der Waals surface area (Å²) in [5, 5.41) is 34.7. The third-order valence-corrected chi connectivity index (χ3v) is 4.87. The van der Waals surface area contributed by atoms with Gasteiger partial charge in [0, 0.05) is 18.8 Å². The van der Waals surface area contributed by atoms with Crippen molar-refractivity contribution in [2.45, 2.75) is 24.8 Å². The van der Waals surface area contributed by atoms with Crippen molar-refractivity contribution in [1.29, 1.82) is 0 Å². The molecule has 166 valence electrons.